The Labute approximate surface area is 116 Å². The van der Waals surface area contributed by atoms with Crippen LogP contribution in [0.15, 0.2) is 42.5 Å². The van der Waals surface area contributed by atoms with Crippen molar-refractivity contribution in [3.05, 3.63) is 53.6 Å². The minimum Gasteiger partial charge on any atom is -0.508 e. The summed E-state index contributed by atoms with van der Waals surface area (Å²) in [6, 6.07) is 10.2. The fourth-order valence-electron chi connectivity index (χ4n) is 2.07. The predicted molar refractivity (Wildman–Crippen MR) is 72.6 cm³/mol. The van der Waals surface area contributed by atoms with Crippen LogP contribution in [0, 0.1) is 0 Å². The first-order valence-corrected chi connectivity index (χ1v) is 6.04. The fourth-order valence-corrected chi connectivity index (χ4v) is 2.07. The molecule has 0 amide bonds. The smallest absolute Gasteiger partial charge is 0.119 e. The normalized spacial score (nSPS) is 13.9. The minimum absolute atomic E-state index is 0.119. The molecule has 20 heavy (non-hydrogen) atoms. The highest BCUT2D eigenvalue weighted by Crippen LogP contribution is 2.35. The highest BCUT2D eigenvalue weighted by atomic mass is 16.5. The zero-order valence-electron chi connectivity index (χ0n) is 10.9. The summed E-state index contributed by atoms with van der Waals surface area (Å²) < 4.78 is 5.28. The third-order valence-corrected chi connectivity index (χ3v) is 3.03. The third-order valence-electron chi connectivity index (χ3n) is 3.03. The number of hydrogen-bond acceptors (Lipinski definition) is 5. The monoisotopic (exact) mass is 276 g/mol. The quantitative estimate of drug-likeness (QED) is 0.687. The van der Waals surface area contributed by atoms with Crippen molar-refractivity contribution in [3.8, 4) is 17.2 Å². The van der Waals surface area contributed by atoms with E-state index in [2.05, 4.69) is 0 Å². The van der Waals surface area contributed by atoms with Crippen molar-refractivity contribution in [1.82, 2.24) is 0 Å². The second kappa shape index (κ2) is 5.81. The van der Waals surface area contributed by atoms with Crippen molar-refractivity contribution in [3.63, 3.8) is 0 Å². The molecule has 5 heteroatoms. The Hall–Kier alpha value is -2.24. The molecule has 0 saturated carbocycles. The Morgan fingerprint density at radius 1 is 0.800 bits per heavy atom. The van der Waals surface area contributed by atoms with Gasteiger partial charge in [-0.2, -0.15) is 0 Å². The van der Waals surface area contributed by atoms with Crippen LogP contribution in [0.3, 0.4) is 0 Å². The standard InChI is InChI=1S/C15H16O5/c1-20-15(9-2-4-11(16)5-3-9)14(19)10-6-12(17)8-13(18)7-10/h2-8,14-19H,1H3. The van der Waals surface area contributed by atoms with E-state index in [9.17, 15) is 20.4 Å². The predicted octanol–water partition coefficient (Wildman–Crippen LogP) is 2.22. The van der Waals surface area contributed by atoms with Crippen LogP contribution in [0.5, 0.6) is 17.2 Å². The molecule has 2 aromatic carbocycles. The van der Waals surface area contributed by atoms with Crippen LogP contribution in [0.1, 0.15) is 23.3 Å². The first-order chi connectivity index (χ1) is 9.51. The van der Waals surface area contributed by atoms with Gasteiger partial charge in [0.1, 0.15) is 29.5 Å². The van der Waals surface area contributed by atoms with Crippen molar-refractivity contribution >= 4 is 0 Å². The molecule has 2 aromatic rings. The number of rotatable bonds is 4. The van der Waals surface area contributed by atoms with Crippen molar-refractivity contribution in [2.24, 2.45) is 0 Å². The van der Waals surface area contributed by atoms with E-state index >= 15 is 0 Å². The summed E-state index contributed by atoms with van der Waals surface area (Å²) in [5, 5.41) is 38.5. The van der Waals surface area contributed by atoms with Crippen molar-refractivity contribution in [1.29, 1.82) is 0 Å². The van der Waals surface area contributed by atoms with Crippen LogP contribution in [0.2, 0.25) is 0 Å². The van der Waals surface area contributed by atoms with Crippen LogP contribution in [-0.4, -0.2) is 27.5 Å². The van der Waals surface area contributed by atoms with Gasteiger partial charge in [-0.25, -0.2) is 0 Å². The summed E-state index contributed by atoms with van der Waals surface area (Å²) in [4.78, 5) is 0. The number of benzene rings is 2. The Kier molecular flexibility index (Phi) is 4.12. The molecule has 0 saturated heterocycles. The zero-order valence-corrected chi connectivity index (χ0v) is 10.9. The second-order valence-corrected chi connectivity index (χ2v) is 4.48. The van der Waals surface area contributed by atoms with E-state index in [1.807, 2.05) is 0 Å². The lowest BCUT2D eigenvalue weighted by molar-refractivity contribution is -0.0151. The number of hydrogen-bond donors (Lipinski definition) is 4. The number of aliphatic hydroxyl groups is 1. The van der Waals surface area contributed by atoms with Crippen LogP contribution >= 0.6 is 0 Å². The molecular weight excluding hydrogens is 260 g/mol. The number of phenols is 3. The molecule has 0 radical (unpaired) electrons. The fraction of sp³-hybridized carbons (Fsp3) is 0.200. The van der Waals surface area contributed by atoms with Gasteiger partial charge in [-0.15, -0.1) is 0 Å². The largest absolute Gasteiger partial charge is 0.508 e. The molecular formula is C15H16O5. The maximum Gasteiger partial charge on any atom is 0.119 e. The van der Waals surface area contributed by atoms with Gasteiger partial charge < -0.3 is 25.2 Å². The van der Waals surface area contributed by atoms with Gasteiger partial charge in [-0.3, -0.25) is 0 Å². The Morgan fingerprint density at radius 3 is 1.85 bits per heavy atom. The summed E-state index contributed by atoms with van der Waals surface area (Å²) in [6.07, 6.45) is -1.75. The molecule has 5 nitrogen and oxygen atoms in total. The first-order valence-electron chi connectivity index (χ1n) is 6.04. The lowest BCUT2D eigenvalue weighted by Gasteiger charge is -2.22. The highest BCUT2D eigenvalue weighted by molar-refractivity contribution is 5.39. The molecule has 4 N–H and O–H groups in total. The Morgan fingerprint density at radius 2 is 1.35 bits per heavy atom. The van der Waals surface area contributed by atoms with E-state index in [0.717, 1.165) is 0 Å². The molecule has 0 heterocycles. The molecule has 0 fully saturated rings. The van der Waals surface area contributed by atoms with Gasteiger partial charge >= 0.3 is 0 Å². The molecule has 0 aliphatic heterocycles. The van der Waals surface area contributed by atoms with E-state index in [0.29, 0.717) is 11.1 Å². The number of ether oxygens (including phenoxy) is 1. The molecule has 0 bridgehead atoms. The zero-order chi connectivity index (χ0) is 14.7. The van der Waals surface area contributed by atoms with Gasteiger partial charge in [-0.05, 0) is 35.4 Å². The number of aliphatic hydroxyl groups excluding tert-OH is 1. The molecule has 2 unspecified atom stereocenters. The first kappa shape index (κ1) is 14.2. The summed E-state index contributed by atoms with van der Waals surface area (Å²) in [5.74, 6) is -0.160. The molecule has 0 aliphatic rings. The number of aromatic hydroxyl groups is 3. The lowest BCUT2D eigenvalue weighted by atomic mass is 9.97. The third kappa shape index (κ3) is 3.01. The Bertz CT molecular complexity index is 559. The average molecular weight is 276 g/mol. The van der Waals surface area contributed by atoms with Crippen molar-refractivity contribution < 1.29 is 25.2 Å². The van der Waals surface area contributed by atoms with Gasteiger partial charge in [0.15, 0.2) is 0 Å². The summed E-state index contributed by atoms with van der Waals surface area (Å²) in [6.45, 7) is 0. The number of phenolic OH excluding ortho intramolecular Hbond substituents is 3. The van der Waals surface area contributed by atoms with Crippen molar-refractivity contribution in [2.75, 3.05) is 7.11 Å². The van der Waals surface area contributed by atoms with Crippen LogP contribution in [0.4, 0.5) is 0 Å². The molecule has 0 spiro atoms. The lowest BCUT2D eigenvalue weighted by Crippen LogP contribution is -2.12. The summed E-state index contributed by atoms with van der Waals surface area (Å²) >= 11 is 0. The van der Waals surface area contributed by atoms with E-state index < -0.39 is 12.2 Å². The van der Waals surface area contributed by atoms with Crippen LogP contribution < -0.4 is 0 Å². The van der Waals surface area contributed by atoms with Gasteiger partial charge in [0, 0.05) is 13.2 Å². The Balaban J connectivity index is 2.33. The SMILES string of the molecule is COC(c1ccc(O)cc1)C(O)c1cc(O)cc(O)c1. The van der Waals surface area contributed by atoms with Gasteiger partial charge in [0.25, 0.3) is 0 Å². The van der Waals surface area contributed by atoms with E-state index in [1.165, 1.54) is 37.4 Å². The summed E-state index contributed by atoms with van der Waals surface area (Å²) in [7, 11) is 1.45. The maximum absolute atomic E-state index is 10.3. The van der Waals surface area contributed by atoms with Gasteiger partial charge in [0.05, 0.1) is 0 Å². The maximum atomic E-state index is 10.3. The second-order valence-electron chi connectivity index (χ2n) is 4.48. The van der Waals surface area contributed by atoms with E-state index in [1.54, 1.807) is 12.1 Å². The average Bonchev–Trinajstić information content (AvgIpc) is 2.40. The molecule has 106 valence electrons. The summed E-state index contributed by atoms with van der Waals surface area (Å²) in [5.41, 5.74) is 1.00. The molecule has 0 aromatic heterocycles. The van der Waals surface area contributed by atoms with Gasteiger partial charge in [-0.1, -0.05) is 12.1 Å². The molecule has 2 atom stereocenters. The number of methoxy groups -OCH3 is 1. The minimum atomic E-state index is -1.07. The molecule has 2 rings (SSSR count). The topological polar surface area (TPSA) is 90.2 Å². The van der Waals surface area contributed by atoms with Gasteiger partial charge in [0.2, 0.25) is 0 Å². The van der Waals surface area contributed by atoms with Crippen molar-refractivity contribution in [2.45, 2.75) is 12.2 Å². The molecule has 0 aliphatic carbocycles. The van der Waals surface area contributed by atoms with Crippen LogP contribution in [0.25, 0.3) is 0 Å². The highest BCUT2D eigenvalue weighted by Gasteiger charge is 2.23. The van der Waals surface area contributed by atoms with E-state index in [-0.39, 0.29) is 17.2 Å². The van der Waals surface area contributed by atoms with Crippen LogP contribution in [-0.2, 0) is 4.74 Å². The van der Waals surface area contributed by atoms with E-state index in [4.69, 9.17) is 4.74 Å².